The number of pyridine rings is 3. The first-order chi connectivity index (χ1) is 11.8. The molecule has 0 unspecified atom stereocenters. The summed E-state index contributed by atoms with van der Waals surface area (Å²) in [6.07, 6.45) is 5.07. The molecule has 0 saturated heterocycles. The fourth-order valence-corrected chi connectivity index (χ4v) is 2.79. The minimum absolute atomic E-state index is 0.0773. The molecule has 0 radical (unpaired) electrons. The lowest BCUT2D eigenvalue weighted by Gasteiger charge is -2.11. The first-order valence-corrected chi connectivity index (χ1v) is 7.52. The zero-order valence-electron chi connectivity index (χ0n) is 12.7. The molecule has 0 bridgehead atoms. The number of nitrogens with zero attached hydrogens (tertiary/aromatic N) is 3. The van der Waals surface area contributed by atoms with E-state index >= 15 is 0 Å². The third kappa shape index (κ3) is 2.14. The molecule has 3 aromatic heterocycles. The van der Waals surface area contributed by atoms with Gasteiger partial charge in [0.25, 0.3) is 0 Å². The lowest BCUT2D eigenvalue weighted by atomic mass is 10.2. The number of aromatic hydroxyl groups is 1. The molecular formula is C19H14N3O2+. The summed E-state index contributed by atoms with van der Waals surface area (Å²) in [4.78, 5) is 17.5. The molecule has 0 aliphatic rings. The van der Waals surface area contributed by atoms with Crippen molar-refractivity contribution < 1.29 is 9.67 Å². The number of hydrogen-bond donors (Lipinski definition) is 1. The molecule has 3 heterocycles. The fourth-order valence-electron chi connectivity index (χ4n) is 2.79. The Labute approximate surface area is 137 Å². The van der Waals surface area contributed by atoms with Gasteiger partial charge < -0.3 is 5.11 Å². The maximum absolute atomic E-state index is 13.1. The van der Waals surface area contributed by atoms with Gasteiger partial charge in [-0.25, -0.2) is 4.98 Å². The van der Waals surface area contributed by atoms with E-state index in [9.17, 15) is 9.90 Å². The van der Waals surface area contributed by atoms with Crippen LogP contribution in [0, 0.1) is 0 Å². The van der Waals surface area contributed by atoms with Crippen molar-refractivity contribution in [2.24, 2.45) is 0 Å². The van der Waals surface area contributed by atoms with Crippen molar-refractivity contribution in [2.45, 2.75) is 0 Å². The summed E-state index contributed by atoms with van der Waals surface area (Å²) in [5.41, 5.74) is 0.983. The number of rotatable bonds is 2. The molecule has 24 heavy (non-hydrogen) atoms. The summed E-state index contributed by atoms with van der Waals surface area (Å²) in [6, 6.07) is 18.2. The molecule has 116 valence electrons. The molecule has 4 rings (SSSR count). The molecule has 5 nitrogen and oxygen atoms in total. The van der Waals surface area contributed by atoms with Crippen LogP contribution in [0.5, 0.6) is 5.75 Å². The normalized spacial score (nSPS) is 10.8. The largest absolute Gasteiger partial charge is 0.502 e. The lowest BCUT2D eigenvalue weighted by Crippen LogP contribution is -2.39. The van der Waals surface area contributed by atoms with Gasteiger partial charge in [0.2, 0.25) is 5.75 Å². The highest BCUT2D eigenvalue weighted by Crippen LogP contribution is 2.26. The number of benzene rings is 1. The Hall–Kier alpha value is -3.47. The summed E-state index contributed by atoms with van der Waals surface area (Å²) in [6.45, 7) is 0. The van der Waals surface area contributed by atoms with Gasteiger partial charge in [-0.05, 0) is 24.3 Å². The Balaban J connectivity index is 2.18. The van der Waals surface area contributed by atoms with Gasteiger partial charge in [0, 0.05) is 18.3 Å². The summed E-state index contributed by atoms with van der Waals surface area (Å²) >= 11 is 0. The Bertz CT molecular complexity index is 1070. The van der Waals surface area contributed by atoms with E-state index in [1.807, 2.05) is 36.4 Å². The Morgan fingerprint density at radius 2 is 1.62 bits per heavy atom. The van der Waals surface area contributed by atoms with E-state index in [1.54, 1.807) is 47.4 Å². The third-order valence-electron chi connectivity index (χ3n) is 3.87. The number of para-hydroxylation sites is 1. The molecule has 0 aliphatic heterocycles. The van der Waals surface area contributed by atoms with Crippen LogP contribution in [0.1, 0.15) is 0 Å². The molecule has 1 aromatic carbocycles. The van der Waals surface area contributed by atoms with Crippen LogP contribution in [0.3, 0.4) is 0 Å². The van der Waals surface area contributed by atoms with Crippen LogP contribution in [-0.4, -0.2) is 14.7 Å². The van der Waals surface area contributed by atoms with Crippen molar-refractivity contribution in [3.63, 3.8) is 0 Å². The maximum atomic E-state index is 13.1. The van der Waals surface area contributed by atoms with Gasteiger partial charge in [-0.1, -0.05) is 24.3 Å². The van der Waals surface area contributed by atoms with Gasteiger partial charge in [0.05, 0.1) is 11.1 Å². The maximum Gasteiger partial charge on any atom is 0.333 e. The van der Waals surface area contributed by atoms with Crippen LogP contribution in [0.4, 0.5) is 0 Å². The van der Waals surface area contributed by atoms with Crippen LogP contribution in [0.25, 0.3) is 22.4 Å². The molecule has 0 atom stereocenters. The van der Waals surface area contributed by atoms with Crippen LogP contribution in [-0.2, 0) is 0 Å². The zero-order valence-corrected chi connectivity index (χ0v) is 12.7. The molecule has 0 amide bonds. The van der Waals surface area contributed by atoms with Crippen molar-refractivity contribution in [3.05, 3.63) is 89.6 Å². The van der Waals surface area contributed by atoms with Crippen LogP contribution >= 0.6 is 0 Å². The topological polar surface area (TPSA) is 59.0 Å². The highest BCUT2D eigenvalue weighted by atomic mass is 16.3. The zero-order chi connectivity index (χ0) is 16.5. The smallest absolute Gasteiger partial charge is 0.333 e. The Morgan fingerprint density at radius 1 is 0.917 bits per heavy atom. The van der Waals surface area contributed by atoms with Crippen molar-refractivity contribution in [3.8, 4) is 17.1 Å². The molecule has 0 aliphatic carbocycles. The fraction of sp³-hybridized carbons (Fsp3) is 0. The van der Waals surface area contributed by atoms with E-state index in [2.05, 4.69) is 4.98 Å². The molecule has 5 heteroatoms. The van der Waals surface area contributed by atoms with Gasteiger partial charge in [-0.3, -0.25) is 9.36 Å². The Kier molecular flexibility index (Phi) is 3.31. The van der Waals surface area contributed by atoms with E-state index in [1.165, 1.54) is 4.57 Å². The Morgan fingerprint density at radius 3 is 2.38 bits per heavy atom. The highest BCUT2D eigenvalue weighted by molar-refractivity contribution is 5.85. The van der Waals surface area contributed by atoms with E-state index in [0.717, 1.165) is 0 Å². The number of aromatic nitrogens is 3. The summed E-state index contributed by atoms with van der Waals surface area (Å²) in [5.74, 6) is -0.0773. The monoisotopic (exact) mass is 316 g/mol. The standard InChI is InChI=1S/C19H13N3O2/c23-17-15-10-7-11-20-18(15)22(14-8-3-1-4-9-14)19(24)16(17)21-12-5-2-6-13-21/h1-13H/p+1. The molecule has 4 aromatic rings. The van der Waals surface area contributed by atoms with Crippen molar-refractivity contribution in [1.82, 2.24) is 9.55 Å². The summed E-state index contributed by atoms with van der Waals surface area (Å²) in [7, 11) is 0. The number of fused-ring (bicyclic) bond motifs is 1. The molecule has 0 fully saturated rings. The van der Waals surface area contributed by atoms with E-state index in [0.29, 0.717) is 16.7 Å². The quantitative estimate of drug-likeness (QED) is 0.578. The van der Waals surface area contributed by atoms with Gasteiger partial charge in [-0.15, -0.1) is 0 Å². The van der Waals surface area contributed by atoms with E-state index < -0.39 is 0 Å². The predicted molar refractivity (Wildman–Crippen MR) is 90.5 cm³/mol. The number of hydrogen-bond acceptors (Lipinski definition) is 3. The minimum atomic E-state index is -0.332. The molecule has 1 N–H and O–H groups in total. The van der Waals surface area contributed by atoms with Crippen LogP contribution in [0.2, 0.25) is 0 Å². The summed E-state index contributed by atoms with van der Waals surface area (Å²) < 4.78 is 3.13. The van der Waals surface area contributed by atoms with Crippen molar-refractivity contribution in [1.29, 1.82) is 0 Å². The first-order valence-electron chi connectivity index (χ1n) is 7.52. The van der Waals surface area contributed by atoms with Gasteiger partial charge in [-0.2, -0.15) is 4.57 Å². The second-order valence-electron chi connectivity index (χ2n) is 5.33. The summed E-state index contributed by atoms with van der Waals surface area (Å²) in [5, 5.41) is 11.2. The van der Waals surface area contributed by atoms with Gasteiger partial charge in [0.15, 0.2) is 18.0 Å². The van der Waals surface area contributed by atoms with Crippen LogP contribution < -0.4 is 10.1 Å². The third-order valence-corrected chi connectivity index (χ3v) is 3.87. The second-order valence-corrected chi connectivity index (χ2v) is 5.33. The van der Waals surface area contributed by atoms with Gasteiger partial charge >= 0.3 is 11.2 Å². The molecular weight excluding hydrogens is 302 g/mol. The second kappa shape index (κ2) is 5.62. The molecule has 0 spiro atoms. The van der Waals surface area contributed by atoms with Gasteiger partial charge in [0.1, 0.15) is 0 Å². The van der Waals surface area contributed by atoms with E-state index in [-0.39, 0.29) is 17.0 Å². The average molecular weight is 316 g/mol. The first kappa shape index (κ1) is 14.1. The molecule has 0 saturated carbocycles. The predicted octanol–water partition coefficient (Wildman–Crippen LogP) is 2.37. The van der Waals surface area contributed by atoms with Crippen LogP contribution in [0.15, 0.2) is 84.0 Å². The van der Waals surface area contributed by atoms with E-state index in [4.69, 9.17) is 0 Å². The van der Waals surface area contributed by atoms with Crippen molar-refractivity contribution in [2.75, 3.05) is 0 Å². The average Bonchev–Trinajstić information content (AvgIpc) is 2.64. The highest BCUT2D eigenvalue weighted by Gasteiger charge is 2.24. The van der Waals surface area contributed by atoms with Crippen molar-refractivity contribution >= 4 is 11.0 Å². The lowest BCUT2D eigenvalue weighted by molar-refractivity contribution is -0.597. The minimum Gasteiger partial charge on any atom is -0.502 e. The SMILES string of the molecule is O=c1c(-[n+]2ccccc2)c(O)c2cccnc2n1-c1ccccc1.